The number of carboxylic acid groups (broad SMARTS) is 1. The summed E-state index contributed by atoms with van der Waals surface area (Å²) in [4.78, 5) is 14.1. The fraction of sp³-hybridized carbons (Fsp3) is 0.867. The van der Waals surface area contributed by atoms with E-state index < -0.39 is 24.5 Å². The largest absolute Gasteiger partial charge is 1.00 e. The third-order valence-corrected chi connectivity index (χ3v) is 3.25. The van der Waals surface area contributed by atoms with Gasteiger partial charge in [0.25, 0.3) is 0 Å². The molecule has 1 atom stereocenters. The number of carbonyl (C=O) groups is 1. The van der Waals surface area contributed by atoms with Crippen LogP contribution in [0.4, 0.5) is 0 Å². The number of nitrogens with zero attached hydrogens (tertiary/aromatic N) is 1. The van der Waals surface area contributed by atoms with E-state index >= 15 is 0 Å². The van der Waals surface area contributed by atoms with E-state index in [9.17, 15) is 9.90 Å². The monoisotopic (exact) mass is 309 g/mol. The van der Waals surface area contributed by atoms with Gasteiger partial charge in [-0.3, -0.25) is 4.99 Å². The summed E-state index contributed by atoms with van der Waals surface area (Å²) in [5.74, 6) is -1.68. The van der Waals surface area contributed by atoms with Gasteiger partial charge >= 0.3 is 35.5 Å². The molecule has 0 rings (SSSR count). The molecule has 0 aliphatic carbocycles. The SMILES string of the molecule is CCCCCCCCCCCC([O-])=N[C@@H](CO)C(=O)O.[Na+]. The topological polar surface area (TPSA) is 93.0 Å². The molecule has 0 radical (unpaired) electrons. The van der Waals surface area contributed by atoms with Gasteiger partial charge in [0.2, 0.25) is 0 Å². The summed E-state index contributed by atoms with van der Waals surface area (Å²) >= 11 is 0. The van der Waals surface area contributed by atoms with Gasteiger partial charge < -0.3 is 15.3 Å². The molecule has 5 nitrogen and oxygen atoms in total. The second kappa shape index (κ2) is 16.3. The van der Waals surface area contributed by atoms with E-state index in [-0.39, 0.29) is 36.0 Å². The van der Waals surface area contributed by atoms with Gasteiger partial charge in [-0.25, -0.2) is 4.79 Å². The van der Waals surface area contributed by atoms with Crippen LogP contribution in [0.25, 0.3) is 0 Å². The number of rotatable bonds is 13. The van der Waals surface area contributed by atoms with E-state index in [4.69, 9.17) is 10.2 Å². The van der Waals surface area contributed by atoms with Gasteiger partial charge in [0.05, 0.1) is 6.61 Å². The third-order valence-electron chi connectivity index (χ3n) is 3.25. The van der Waals surface area contributed by atoms with Crippen molar-refractivity contribution in [2.45, 2.75) is 77.2 Å². The fourth-order valence-electron chi connectivity index (χ4n) is 2.00. The maximum absolute atomic E-state index is 11.4. The predicted molar refractivity (Wildman–Crippen MR) is 77.8 cm³/mol. The van der Waals surface area contributed by atoms with Gasteiger partial charge in [0.15, 0.2) is 6.04 Å². The Balaban J connectivity index is 0. The van der Waals surface area contributed by atoms with Crippen molar-refractivity contribution < 1.29 is 49.7 Å². The Morgan fingerprint density at radius 1 is 1.05 bits per heavy atom. The zero-order valence-electron chi connectivity index (χ0n) is 13.5. The van der Waals surface area contributed by atoms with Gasteiger partial charge in [-0.15, -0.1) is 0 Å². The normalized spacial score (nSPS) is 12.8. The van der Waals surface area contributed by atoms with Crippen LogP contribution in [0.3, 0.4) is 0 Å². The molecule has 21 heavy (non-hydrogen) atoms. The molecule has 0 aromatic heterocycles. The van der Waals surface area contributed by atoms with Crippen molar-refractivity contribution in [3.8, 4) is 0 Å². The van der Waals surface area contributed by atoms with E-state index in [1.807, 2.05) is 0 Å². The molecule has 118 valence electrons. The summed E-state index contributed by atoms with van der Waals surface area (Å²) < 4.78 is 0. The van der Waals surface area contributed by atoms with Crippen LogP contribution in [0.2, 0.25) is 0 Å². The Morgan fingerprint density at radius 2 is 1.52 bits per heavy atom. The van der Waals surface area contributed by atoms with Crippen molar-refractivity contribution in [2.75, 3.05) is 6.61 Å². The molecule has 0 heterocycles. The van der Waals surface area contributed by atoms with Crippen molar-refractivity contribution in [1.82, 2.24) is 0 Å². The van der Waals surface area contributed by atoms with Crippen LogP contribution in [-0.4, -0.2) is 34.7 Å². The third kappa shape index (κ3) is 14.6. The number of aliphatic hydroxyl groups excluding tert-OH is 1. The Hall–Kier alpha value is -0.100. The Kier molecular flexibility index (Phi) is 18.0. The fourth-order valence-corrected chi connectivity index (χ4v) is 2.00. The first kappa shape index (κ1) is 23.2. The van der Waals surface area contributed by atoms with Crippen molar-refractivity contribution in [1.29, 1.82) is 0 Å². The molecule has 0 saturated heterocycles. The minimum Gasteiger partial charge on any atom is -0.862 e. The predicted octanol–water partition coefficient (Wildman–Crippen LogP) is -0.884. The molecule has 0 amide bonds. The number of aliphatic hydroxyl groups is 1. The van der Waals surface area contributed by atoms with Gasteiger partial charge in [-0.05, 0) is 18.7 Å². The Bertz CT molecular complexity index is 285. The summed E-state index contributed by atoms with van der Waals surface area (Å²) in [5, 5.41) is 28.8. The van der Waals surface area contributed by atoms with Gasteiger partial charge in [-0.2, -0.15) is 0 Å². The Labute approximate surface area is 150 Å². The second-order valence-electron chi connectivity index (χ2n) is 5.14. The van der Waals surface area contributed by atoms with E-state index in [1.54, 1.807) is 0 Å². The Morgan fingerprint density at radius 3 is 1.95 bits per heavy atom. The van der Waals surface area contributed by atoms with Crippen LogP contribution in [-0.2, 0) is 4.79 Å². The summed E-state index contributed by atoms with van der Waals surface area (Å²) in [6, 6.07) is -1.30. The number of aliphatic imine (C=N–C) groups is 1. The molecule has 0 aromatic carbocycles. The van der Waals surface area contributed by atoms with Crippen LogP contribution >= 0.6 is 0 Å². The maximum Gasteiger partial charge on any atom is 1.00 e. The van der Waals surface area contributed by atoms with Crippen molar-refractivity contribution in [2.24, 2.45) is 4.99 Å². The molecule has 2 N–H and O–H groups in total. The minimum absolute atomic E-state index is 0. The second-order valence-corrected chi connectivity index (χ2v) is 5.14. The zero-order valence-corrected chi connectivity index (χ0v) is 15.5. The van der Waals surface area contributed by atoms with Crippen LogP contribution in [0.1, 0.15) is 71.1 Å². The quantitative estimate of drug-likeness (QED) is 0.200. The van der Waals surface area contributed by atoms with Gasteiger partial charge in [0, 0.05) is 0 Å². The van der Waals surface area contributed by atoms with E-state index in [0.29, 0.717) is 0 Å². The summed E-state index contributed by atoms with van der Waals surface area (Å²) in [6.45, 7) is 1.58. The average molecular weight is 309 g/mol. The number of unbranched alkanes of at least 4 members (excludes halogenated alkanes) is 8. The molecule has 0 aliphatic heterocycles. The molecular weight excluding hydrogens is 281 g/mol. The summed E-state index contributed by atoms with van der Waals surface area (Å²) in [5.41, 5.74) is 0. The molecule has 0 fully saturated rings. The van der Waals surface area contributed by atoms with Gasteiger partial charge in [-0.1, -0.05) is 58.3 Å². The average Bonchev–Trinajstić information content (AvgIpc) is 2.42. The molecule has 0 aromatic rings. The molecule has 0 saturated carbocycles. The molecule has 6 heteroatoms. The molecule has 0 bridgehead atoms. The summed E-state index contributed by atoms with van der Waals surface area (Å²) in [6.07, 6.45) is 10.7. The first-order valence-electron chi connectivity index (χ1n) is 7.69. The van der Waals surface area contributed by atoms with Crippen molar-refractivity contribution in [3.05, 3.63) is 0 Å². The van der Waals surface area contributed by atoms with Crippen molar-refractivity contribution >= 4 is 11.9 Å². The number of carboxylic acids is 1. The minimum atomic E-state index is -1.30. The first-order chi connectivity index (χ1) is 9.61. The number of aliphatic carboxylic acids is 1. The van der Waals surface area contributed by atoms with E-state index in [1.165, 1.54) is 38.5 Å². The van der Waals surface area contributed by atoms with Crippen LogP contribution < -0.4 is 34.7 Å². The van der Waals surface area contributed by atoms with E-state index in [2.05, 4.69) is 11.9 Å². The molecular formula is C15H28NNaO4. The zero-order chi connectivity index (χ0) is 15.2. The number of hydrogen-bond acceptors (Lipinski definition) is 4. The van der Waals surface area contributed by atoms with Crippen LogP contribution in [0, 0.1) is 0 Å². The molecule has 0 unspecified atom stereocenters. The van der Waals surface area contributed by atoms with Crippen LogP contribution in [0.15, 0.2) is 4.99 Å². The smallest absolute Gasteiger partial charge is 0.862 e. The standard InChI is InChI=1S/C15H29NO4.Na/c1-2-3-4-5-6-7-8-9-10-11-14(18)16-13(12-17)15(19)20;/h13,17H,2-12H2,1H3,(H,16,18)(H,19,20);/q;+1/p-1/t13-;/m0./s1. The molecule has 0 spiro atoms. The molecule has 0 aliphatic rings. The van der Waals surface area contributed by atoms with Gasteiger partial charge in [0.1, 0.15) is 0 Å². The van der Waals surface area contributed by atoms with Crippen molar-refractivity contribution in [3.63, 3.8) is 0 Å². The first-order valence-corrected chi connectivity index (χ1v) is 7.69. The van der Waals surface area contributed by atoms with Crippen LogP contribution in [0.5, 0.6) is 0 Å². The summed E-state index contributed by atoms with van der Waals surface area (Å²) in [7, 11) is 0. The number of hydrogen-bond donors (Lipinski definition) is 2. The maximum atomic E-state index is 11.4. The van der Waals surface area contributed by atoms with E-state index in [0.717, 1.165) is 19.3 Å².